The number of carboxylic acid groups (broad SMARTS) is 1. The second-order valence-electron chi connectivity index (χ2n) is 4.52. The normalized spacial score (nSPS) is 13.0. The minimum absolute atomic E-state index is 0.0864. The van der Waals surface area contributed by atoms with E-state index in [0.29, 0.717) is 0 Å². The van der Waals surface area contributed by atoms with Gasteiger partial charge in [0.15, 0.2) is 0 Å². The quantitative estimate of drug-likeness (QED) is 0.542. The minimum Gasteiger partial charge on any atom is -0.480 e. The van der Waals surface area contributed by atoms with E-state index in [9.17, 15) is 19.5 Å². The van der Waals surface area contributed by atoms with Crippen molar-refractivity contribution in [1.29, 1.82) is 0 Å². The SMILES string of the molecule is CC(=O)NC(CS)C(=O)NC(Cc1ccccc1)C(=O)O. The Balaban J connectivity index is 2.71. The molecule has 2 amide bonds. The molecule has 0 radical (unpaired) electrons. The Bertz CT molecular complexity index is 507. The highest BCUT2D eigenvalue weighted by Crippen LogP contribution is 2.04. The van der Waals surface area contributed by atoms with Crippen molar-refractivity contribution in [2.45, 2.75) is 25.4 Å². The molecule has 0 heterocycles. The molecule has 1 aromatic carbocycles. The molecule has 0 aliphatic carbocycles. The van der Waals surface area contributed by atoms with E-state index >= 15 is 0 Å². The van der Waals surface area contributed by atoms with E-state index in [0.717, 1.165) is 5.56 Å². The van der Waals surface area contributed by atoms with Crippen LogP contribution in [0.2, 0.25) is 0 Å². The van der Waals surface area contributed by atoms with Crippen molar-refractivity contribution in [3.8, 4) is 0 Å². The number of hydrogen-bond donors (Lipinski definition) is 4. The lowest BCUT2D eigenvalue weighted by molar-refractivity contribution is -0.142. The molecule has 2 atom stereocenters. The standard InChI is InChI=1S/C14H18N2O4S/c1-9(17)15-12(8-21)13(18)16-11(14(19)20)7-10-5-3-2-4-6-10/h2-6,11-12,21H,7-8H2,1H3,(H,15,17)(H,16,18)(H,19,20). The molecule has 0 spiro atoms. The summed E-state index contributed by atoms with van der Waals surface area (Å²) in [7, 11) is 0. The fraction of sp³-hybridized carbons (Fsp3) is 0.357. The lowest BCUT2D eigenvalue weighted by Gasteiger charge is -2.19. The molecular formula is C14H18N2O4S. The molecule has 0 aliphatic heterocycles. The van der Waals surface area contributed by atoms with Gasteiger partial charge >= 0.3 is 5.97 Å². The maximum atomic E-state index is 12.0. The van der Waals surface area contributed by atoms with Crippen molar-refractivity contribution < 1.29 is 19.5 Å². The lowest BCUT2D eigenvalue weighted by atomic mass is 10.1. The number of nitrogens with one attached hydrogen (secondary N) is 2. The van der Waals surface area contributed by atoms with Gasteiger partial charge in [0.25, 0.3) is 0 Å². The molecule has 1 aromatic rings. The van der Waals surface area contributed by atoms with Crippen molar-refractivity contribution in [1.82, 2.24) is 10.6 Å². The molecule has 0 aliphatic rings. The third-order valence-electron chi connectivity index (χ3n) is 2.77. The fourth-order valence-corrected chi connectivity index (χ4v) is 2.02. The van der Waals surface area contributed by atoms with Crippen LogP contribution in [-0.4, -0.2) is 40.7 Å². The first-order valence-electron chi connectivity index (χ1n) is 6.39. The summed E-state index contributed by atoms with van der Waals surface area (Å²) in [4.78, 5) is 34.2. The number of aliphatic carboxylic acids is 1. The van der Waals surface area contributed by atoms with Crippen LogP contribution in [0.3, 0.4) is 0 Å². The van der Waals surface area contributed by atoms with Gasteiger partial charge in [0.2, 0.25) is 11.8 Å². The Labute approximate surface area is 128 Å². The number of benzene rings is 1. The highest BCUT2D eigenvalue weighted by atomic mass is 32.1. The van der Waals surface area contributed by atoms with Crippen LogP contribution in [0.25, 0.3) is 0 Å². The van der Waals surface area contributed by atoms with Gasteiger partial charge < -0.3 is 15.7 Å². The van der Waals surface area contributed by atoms with E-state index in [1.54, 1.807) is 24.3 Å². The lowest BCUT2D eigenvalue weighted by Crippen LogP contribution is -2.52. The van der Waals surface area contributed by atoms with Gasteiger partial charge in [0, 0.05) is 19.1 Å². The Morgan fingerprint density at radius 2 is 1.76 bits per heavy atom. The van der Waals surface area contributed by atoms with Crippen molar-refractivity contribution in [3.05, 3.63) is 35.9 Å². The average molecular weight is 310 g/mol. The molecule has 0 saturated carbocycles. The van der Waals surface area contributed by atoms with Crippen LogP contribution in [0.15, 0.2) is 30.3 Å². The number of hydrogen-bond acceptors (Lipinski definition) is 4. The van der Waals surface area contributed by atoms with Gasteiger partial charge in [-0.3, -0.25) is 9.59 Å². The van der Waals surface area contributed by atoms with E-state index in [1.165, 1.54) is 6.92 Å². The van der Waals surface area contributed by atoms with E-state index in [2.05, 4.69) is 23.3 Å². The van der Waals surface area contributed by atoms with Crippen molar-refractivity contribution >= 4 is 30.4 Å². The second kappa shape index (κ2) is 8.31. The summed E-state index contributed by atoms with van der Waals surface area (Å²) in [5.41, 5.74) is 0.798. The van der Waals surface area contributed by atoms with Gasteiger partial charge in [-0.2, -0.15) is 12.6 Å². The summed E-state index contributed by atoms with van der Waals surface area (Å²) in [6.07, 6.45) is 0.168. The minimum atomic E-state index is -1.13. The molecule has 0 bridgehead atoms. The zero-order valence-corrected chi connectivity index (χ0v) is 12.5. The maximum absolute atomic E-state index is 12.0. The summed E-state index contributed by atoms with van der Waals surface area (Å²) < 4.78 is 0. The van der Waals surface area contributed by atoms with Crippen molar-refractivity contribution in [3.63, 3.8) is 0 Å². The molecular weight excluding hydrogens is 292 g/mol. The molecule has 0 aromatic heterocycles. The summed E-state index contributed by atoms with van der Waals surface area (Å²) >= 11 is 3.98. The van der Waals surface area contributed by atoms with Gasteiger partial charge in [-0.15, -0.1) is 0 Å². The van der Waals surface area contributed by atoms with Crippen LogP contribution < -0.4 is 10.6 Å². The summed E-state index contributed by atoms with van der Waals surface area (Å²) in [5, 5.41) is 14.0. The number of carbonyl (C=O) groups is 3. The predicted octanol–water partition coefficient (Wildman–Crippen LogP) is 0.233. The van der Waals surface area contributed by atoms with Gasteiger partial charge in [0.1, 0.15) is 12.1 Å². The summed E-state index contributed by atoms with van der Waals surface area (Å²) in [6.45, 7) is 1.28. The zero-order chi connectivity index (χ0) is 15.8. The molecule has 114 valence electrons. The van der Waals surface area contributed by atoms with Crippen LogP contribution in [0.1, 0.15) is 12.5 Å². The summed E-state index contributed by atoms with van der Waals surface area (Å²) in [6, 6.07) is 7.07. The van der Waals surface area contributed by atoms with Crippen LogP contribution in [0, 0.1) is 0 Å². The predicted molar refractivity (Wildman–Crippen MR) is 81.2 cm³/mol. The molecule has 0 saturated heterocycles. The number of thiol groups is 1. The zero-order valence-electron chi connectivity index (χ0n) is 11.6. The second-order valence-corrected chi connectivity index (χ2v) is 4.89. The van der Waals surface area contributed by atoms with E-state index < -0.39 is 24.0 Å². The van der Waals surface area contributed by atoms with Gasteiger partial charge in [0.05, 0.1) is 0 Å². The van der Waals surface area contributed by atoms with Crippen LogP contribution in [0.4, 0.5) is 0 Å². The Morgan fingerprint density at radius 3 is 2.24 bits per heavy atom. The molecule has 2 unspecified atom stereocenters. The van der Waals surface area contributed by atoms with E-state index in [4.69, 9.17) is 0 Å². The molecule has 21 heavy (non-hydrogen) atoms. The molecule has 1 rings (SSSR count). The first-order valence-corrected chi connectivity index (χ1v) is 7.02. The van der Waals surface area contributed by atoms with Gasteiger partial charge in [-0.05, 0) is 5.56 Å². The molecule has 6 nitrogen and oxygen atoms in total. The van der Waals surface area contributed by atoms with Crippen molar-refractivity contribution in [2.24, 2.45) is 0 Å². The number of carbonyl (C=O) groups excluding carboxylic acids is 2. The molecule has 3 N–H and O–H groups in total. The molecule has 7 heteroatoms. The Morgan fingerprint density at radius 1 is 1.14 bits per heavy atom. The number of rotatable bonds is 7. The summed E-state index contributed by atoms with van der Waals surface area (Å²) in [5.74, 6) is -1.99. The third kappa shape index (κ3) is 5.86. The van der Waals surface area contributed by atoms with Crippen LogP contribution in [-0.2, 0) is 20.8 Å². The highest BCUT2D eigenvalue weighted by molar-refractivity contribution is 7.80. The maximum Gasteiger partial charge on any atom is 0.326 e. The number of amides is 2. The highest BCUT2D eigenvalue weighted by Gasteiger charge is 2.25. The Hall–Kier alpha value is -2.02. The van der Waals surface area contributed by atoms with Crippen LogP contribution >= 0.6 is 12.6 Å². The fourth-order valence-electron chi connectivity index (χ4n) is 1.76. The third-order valence-corrected chi connectivity index (χ3v) is 3.14. The van der Waals surface area contributed by atoms with Gasteiger partial charge in [-0.25, -0.2) is 4.79 Å². The first kappa shape index (κ1) is 17.0. The topological polar surface area (TPSA) is 95.5 Å². The average Bonchev–Trinajstić information content (AvgIpc) is 2.44. The van der Waals surface area contributed by atoms with Crippen molar-refractivity contribution in [2.75, 3.05) is 5.75 Å². The molecule has 0 fully saturated rings. The first-order chi connectivity index (χ1) is 9.93. The van der Waals surface area contributed by atoms with Crippen LogP contribution in [0.5, 0.6) is 0 Å². The monoisotopic (exact) mass is 310 g/mol. The smallest absolute Gasteiger partial charge is 0.326 e. The van der Waals surface area contributed by atoms with E-state index in [1.807, 2.05) is 6.07 Å². The number of carboxylic acids is 1. The Kier molecular flexibility index (Phi) is 6.74. The largest absolute Gasteiger partial charge is 0.480 e. The van der Waals surface area contributed by atoms with Gasteiger partial charge in [-0.1, -0.05) is 30.3 Å². The van der Waals surface area contributed by atoms with E-state index in [-0.39, 0.29) is 18.1 Å².